The SMILES string of the molecule is C.C.CC(=O)O[C@H]1CC2C(CC[C@@H]3C[C@H](OC(=O)c4ccccc4)CC[C@]23C)C2CC[C@H]([C@H](C)CCCC(C)C)[C@]21C.CC(C)CCC[C@@H](C)[C@H]1CCC2C3CC[C@@H]4C[C@H](OC(=O)c5ccccc5)CC[C@]4(C)C3C[C@H](O)[C@@]21C. The van der Waals surface area contributed by atoms with Gasteiger partial charge in [-0.15, -0.1) is 0 Å². The number of ether oxygens (including phenoxy) is 3. The third kappa shape index (κ3) is 12.7. The van der Waals surface area contributed by atoms with Crippen LogP contribution in [0.15, 0.2) is 60.7 Å². The van der Waals surface area contributed by atoms with Crippen LogP contribution in [0.1, 0.15) is 253 Å². The highest BCUT2D eigenvalue weighted by atomic mass is 16.6. The molecule has 0 bridgehead atoms. The fourth-order valence-corrected chi connectivity index (χ4v) is 20.5. The van der Waals surface area contributed by atoms with Crippen molar-refractivity contribution < 1.29 is 33.7 Å². The molecule has 0 aromatic heterocycles. The van der Waals surface area contributed by atoms with Gasteiger partial charge >= 0.3 is 17.9 Å². The average Bonchev–Trinajstić information content (AvgIpc) is 4.02. The maximum Gasteiger partial charge on any atom is 0.338 e. The monoisotopic (exact) mass is 1090 g/mol. The number of aliphatic hydroxyl groups excluding tert-OH is 1. The number of esters is 3. The summed E-state index contributed by atoms with van der Waals surface area (Å²) in [5, 5.41) is 11.8. The Kier molecular flexibility index (Phi) is 21.0. The van der Waals surface area contributed by atoms with Gasteiger partial charge in [0.25, 0.3) is 0 Å². The number of benzene rings is 2. The summed E-state index contributed by atoms with van der Waals surface area (Å²) in [5.74, 6) is 8.88. The van der Waals surface area contributed by atoms with Gasteiger partial charge in [-0.1, -0.05) is 159 Å². The predicted octanol–water partition coefficient (Wildman–Crippen LogP) is 18.5. The molecule has 79 heavy (non-hydrogen) atoms. The van der Waals surface area contributed by atoms with E-state index >= 15 is 0 Å². The van der Waals surface area contributed by atoms with Crippen LogP contribution in [0.25, 0.3) is 0 Å². The van der Waals surface area contributed by atoms with Crippen LogP contribution in [0, 0.1) is 105 Å². The summed E-state index contributed by atoms with van der Waals surface area (Å²) in [6.07, 6.45) is 26.0. The molecule has 10 rings (SSSR count). The maximum absolute atomic E-state index is 12.8. The minimum Gasteiger partial charge on any atom is -0.462 e. The zero-order valence-corrected chi connectivity index (χ0v) is 50.1. The predicted molar refractivity (Wildman–Crippen MR) is 323 cm³/mol. The van der Waals surface area contributed by atoms with Crippen molar-refractivity contribution in [2.45, 2.75) is 257 Å². The Labute approximate surface area is 482 Å². The summed E-state index contributed by atoms with van der Waals surface area (Å²) >= 11 is 0. The number of fused-ring (bicyclic) bond motifs is 10. The van der Waals surface area contributed by atoms with Crippen molar-refractivity contribution >= 4 is 17.9 Å². The molecular weight excluding hydrogens is 977 g/mol. The van der Waals surface area contributed by atoms with Gasteiger partial charge in [-0.25, -0.2) is 9.59 Å². The molecule has 0 spiro atoms. The molecule has 8 saturated carbocycles. The summed E-state index contributed by atoms with van der Waals surface area (Å²) in [6.45, 7) is 25.9. The molecule has 8 aliphatic rings. The van der Waals surface area contributed by atoms with Crippen LogP contribution in [0.3, 0.4) is 0 Å². The van der Waals surface area contributed by atoms with Gasteiger partial charge < -0.3 is 19.3 Å². The minimum atomic E-state index is -0.189. The second-order valence-corrected chi connectivity index (χ2v) is 29.4. The van der Waals surface area contributed by atoms with E-state index < -0.39 is 0 Å². The lowest BCUT2D eigenvalue weighted by Crippen LogP contribution is -2.59. The summed E-state index contributed by atoms with van der Waals surface area (Å²) in [6, 6.07) is 18.8. The first-order valence-electron chi connectivity index (χ1n) is 32.1. The normalized spacial score (nSPS) is 39.7. The first-order valence-corrected chi connectivity index (χ1v) is 32.1. The first-order chi connectivity index (χ1) is 36.7. The van der Waals surface area contributed by atoms with Gasteiger partial charge in [0.15, 0.2) is 0 Å². The number of rotatable bonds is 15. The van der Waals surface area contributed by atoms with E-state index in [1.807, 2.05) is 60.7 Å². The van der Waals surface area contributed by atoms with Gasteiger partial charge in [0.2, 0.25) is 0 Å². The van der Waals surface area contributed by atoms with E-state index in [1.165, 1.54) is 89.9 Å². The Morgan fingerprint density at radius 2 is 0.924 bits per heavy atom. The highest BCUT2D eigenvalue weighted by molar-refractivity contribution is 5.89. The summed E-state index contributed by atoms with van der Waals surface area (Å²) in [7, 11) is 0. The molecule has 8 fully saturated rings. The number of carbonyl (C=O) groups excluding carboxylic acids is 3. The smallest absolute Gasteiger partial charge is 0.338 e. The Hall–Kier alpha value is -3.19. The molecule has 2 aromatic carbocycles. The molecule has 7 heteroatoms. The Bertz CT molecular complexity index is 2280. The van der Waals surface area contributed by atoms with E-state index in [0.29, 0.717) is 76.2 Å². The molecule has 2 aromatic rings. The standard InChI is InChI=1S/C36H54O4.C34H52O3.2CH4/c1-23(2)11-10-12-24(3)30-17-18-31-29-16-15-27-21-28(40-34(38)26-13-8-7-9-14-26)19-20-35(27,5)32(29)22-33(36(30,31)6)39-25(4)37;1-22(2)10-9-11-23(3)28-16-17-29-27-15-14-25-20-26(37-32(36)24-12-7-6-8-13-24)18-19-33(25,4)30(27)21-31(35)34(28,29)5;;/h7-9,13-14,23-24,27-33H,10-12,15-22H2,1-6H3;6-8,12-13,22-23,25-31,35H,9-11,14-21H2,1-5H3;2*1H4/t24-,27-,28-,29?,30-,31?,32?,33+,35+,36-;23-,25-,26-,27?,28-,29?,30?,31+,33+,34-;;/m11../s1. The molecule has 0 heterocycles. The van der Waals surface area contributed by atoms with Crippen molar-refractivity contribution in [1.82, 2.24) is 0 Å². The summed E-state index contributed by atoms with van der Waals surface area (Å²) < 4.78 is 18.4. The number of aliphatic hydroxyl groups is 1. The first kappa shape index (κ1) is 63.4. The zero-order chi connectivity index (χ0) is 55.0. The van der Waals surface area contributed by atoms with E-state index in [9.17, 15) is 19.5 Å². The molecule has 0 aliphatic heterocycles. The highest BCUT2D eigenvalue weighted by Gasteiger charge is 2.66. The minimum absolute atomic E-state index is 0. The van der Waals surface area contributed by atoms with Gasteiger partial charge in [-0.2, -0.15) is 0 Å². The van der Waals surface area contributed by atoms with E-state index in [4.69, 9.17) is 14.2 Å². The molecule has 20 atom stereocenters. The number of carbonyl (C=O) groups is 3. The fourth-order valence-electron chi connectivity index (χ4n) is 20.5. The van der Waals surface area contributed by atoms with Crippen LogP contribution in [0.5, 0.6) is 0 Å². The second kappa shape index (κ2) is 26.2. The quantitative estimate of drug-likeness (QED) is 0.140. The molecule has 0 radical (unpaired) electrons. The van der Waals surface area contributed by atoms with Crippen molar-refractivity contribution in [1.29, 1.82) is 0 Å². The maximum atomic E-state index is 12.8. The third-order valence-electron chi connectivity index (χ3n) is 24.7. The Morgan fingerprint density at radius 3 is 1.35 bits per heavy atom. The summed E-state index contributed by atoms with van der Waals surface area (Å²) in [4.78, 5) is 38.0. The molecule has 7 nitrogen and oxygen atoms in total. The molecule has 444 valence electrons. The summed E-state index contributed by atoms with van der Waals surface area (Å²) in [5.41, 5.74) is 1.95. The van der Waals surface area contributed by atoms with E-state index in [-0.39, 0.29) is 78.8 Å². The van der Waals surface area contributed by atoms with Crippen molar-refractivity contribution in [3.05, 3.63) is 71.8 Å². The fraction of sp³-hybridized carbons (Fsp3) is 0.792. The Morgan fingerprint density at radius 1 is 0.506 bits per heavy atom. The van der Waals surface area contributed by atoms with Gasteiger partial charge in [0, 0.05) is 12.3 Å². The van der Waals surface area contributed by atoms with Crippen molar-refractivity contribution in [2.24, 2.45) is 105 Å². The van der Waals surface area contributed by atoms with Crippen LogP contribution >= 0.6 is 0 Å². The van der Waals surface area contributed by atoms with Crippen LogP contribution < -0.4 is 0 Å². The van der Waals surface area contributed by atoms with Crippen LogP contribution in [0.4, 0.5) is 0 Å². The third-order valence-corrected chi connectivity index (χ3v) is 24.7. The van der Waals surface area contributed by atoms with Crippen molar-refractivity contribution in [2.75, 3.05) is 0 Å². The zero-order valence-electron chi connectivity index (χ0n) is 50.1. The van der Waals surface area contributed by atoms with Crippen molar-refractivity contribution in [3.8, 4) is 0 Å². The highest BCUT2D eigenvalue weighted by Crippen LogP contribution is 2.71. The van der Waals surface area contributed by atoms with Crippen LogP contribution in [-0.2, 0) is 19.0 Å². The lowest BCUT2D eigenvalue weighted by atomic mass is 9.43. The van der Waals surface area contributed by atoms with Crippen LogP contribution in [0.2, 0.25) is 0 Å². The molecule has 1 N–H and O–H groups in total. The van der Waals surface area contributed by atoms with Gasteiger partial charge in [-0.3, -0.25) is 4.79 Å². The van der Waals surface area contributed by atoms with E-state index in [0.717, 1.165) is 69.1 Å². The molecule has 8 aliphatic carbocycles. The molecule has 6 unspecified atom stereocenters. The van der Waals surface area contributed by atoms with Crippen molar-refractivity contribution in [3.63, 3.8) is 0 Å². The van der Waals surface area contributed by atoms with Gasteiger partial charge in [0.1, 0.15) is 18.3 Å². The number of hydrogen-bond acceptors (Lipinski definition) is 7. The largest absolute Gasteiger partial charge is 0.462 e. The lowest BCUT2D eigenvalue weighted by molar-refractivity contribution is -0.196. The van der Waals surface area contributed by atoms with E-state index in [1.54, 1.807) is 6.92 Å². The second-order valence-electron chi connectivity index (χ2n) is 29.4. The molecule has 0 saturated heterocycles. The number of hydrogen-bond donors (Lipinski definition) is 1. The molecular formula is C72H114O7. The topological polar surface area (TPSA) is 99.1 Å². The lowest BCUT2D eigenvalue weighted by Gasteiger charge is -2.62. The Balaban J connectivity index is 0.000000224. The van der Waals surface area contributed by atoms with Gasteiger partial charge in [-0.05, 0) is 226 Å². The average molecular weight is 1090 g/mol. The van der Waals surface area contributed by atoms with Crippen LogP contribution in [-0.4, -0.2) is 47.4 Å². The van der Waals surface area contributed by atoms with Gasteiger partial charge in [0.05, 0.1) is 17.2 Å². The molecule has 0 amide bonds. The van der Waals surface area contributed by atoms with E-state index in [2.05, 4.69) is 69.2 Å².